The van der Waals surface area contributed by atoms with E-state index in [9.17, 15) is 0 Å². The van der Waals surface area contributed by atoms with E-state index in [1.165, 1.54) is 158 Å². The monoisotopic (exact) mass is 1030 g/mol. The Labute approximate surface area is 446 Å². The van der Waals surface area contributed by atoms with E-state index >= 15 is 0 Å². The van der Waals surface area contributed by atoms with Gasteiger partial charge in [0.25, 0.3) is 0 Å². The van der Waals surface area contributed by atoms with Gasteiger partial charge in [0.1, 0.15) is 0 Å². The Morgan fingerprint density at radius 2 is 0.541 bits per heavy atom. The molecule has 0 spiro atoms. The highest BCUT2D eigenvalue weighted by molar-refractivity contribution is 6.90. The molecule has 0 N–H and O–H groups in total. The van der Waals surface area contributed by atoms with E-state index in [1.807, 2.05) is 0 Å². The fraction of sp³-hybridized carbons (Fsp3) is 0.286. The van der Waals surface area contributed by atoms with Crippen molar-refractivity contribution in [1.29, 1.82) is 0 Å². The molecule has 0 aliphatic heterocycles. The van der Waals surface area contributed by atoms with E-state index in [1.54, 1.807) is 22.3 Å². The van der Waals surface area contributed by atoms with Crippen molar-refractivity contribution in [3.63, 3.8) is 0 Å². The van der Waals surface area contributed by atoms with Gasteiger partial charge in [-0.25, -0.2) is 0 Å². The molecule has 10 aromatic rings. The SMILES string of the molecule is C[Si](C)(C)c1ccc2c(-c3ccc(-c4c5ccc([Si](C)(C)C)cc5c(-c5cccc6c5CCCC6)c5ccc([Si](C)(C)C)cc45)c4ccccc34)c3cc([Si](C)(C)C)ccc3c(-c3cccc4c3CCCC4)c2c1. The summed E-state index contributed by atoms with van der Waals surface area (Å²) in [5, 5.41) is 19.9. The Morgan fingerprint density at radius 3 is 0.851 bits per heavy atom. The van der Waals surface area contributed by atoms with Gasteiger partial charge in [0.2, 0.25) is 0 Å². The van der Waals surface area contributed by atoms with E-state index in [2.05, 4.69) is 224 Å². The summed E-state index contributed by atoms with van der Waals surface area (Å²) < 4.78 is 0. The summed E-state index contributed by atoms with van der Waals surface area (Å²) in [5.41, 5.74) is 17.4. The molecular weight excluding hydrogens is 953 g/mol. The summed E-state index contributed by atoms with van der Waals surface area (Å²) in [4.78, 5) is 0. The quantitative estimate of drug-likeness (QED) is 0.105. The van der Waals surface area contributed by atoms with Crippen LogP contribution < -0.4 is 20.7 Å². The van der Waals surface area contributed by atoms with Crippen LogP contribution in [0.5, 0.6) is 0 Å². The molecule has 0 nitrogen and oxygen atoms in total. The Hall–Kier alpha value is -5.63. The third-order valence-corrected chi connectivity index (χ3v) is 25.7. The van der Waals surface area contributed by atoms with Gasteiger partial charge >= 0.3 is 0 Å². The van der Waals surface area contributed by atoms with Gasteiger partial charge in [-0.3, -0.25) is 0 Å². The molecule has 12 rings (SSSR count). The van der Waals surface area contributed by atoms with Crippen LogP contribution in [0, 0.1) is 0 Å². The highest BCUT2D eigenvalue weighted by atomic mass is 28.3. The number of hydrogen-bond donors (Lipinski definition) is 0. The standard InChI is InChI=1S/C70H76Si4/c1-71(2,3)47-33-37-61-63(41-47)67(55-29-19-23-45-21-13-15-25-51(45)55)59-35-31-49(73(7,8)9)43-65(59)69(61)57-39-40-58(54-28-18-17-27-53(54)57)70-62-38-34-48(72(4,5)6)42-64(62)68(56-30-20-24-46-22-14-16-26-52(46)56)60-36-32-50(44-66(60)70)74(10,11)12/h17-20,23-24,27-44H,13-16,21-22,25-26H2,1-12H3. The van der Waals surface area contributed by atoms with Crippen molar-refractivity contribution < 1.29 is 0 Å². The van der Waals surface area contributed by atoms with Gasteiger partial charge in [-0.2, -0.15) is 0 Å². The van der Waals surface area contributed by atoms with E-state index in [0.717, 1.165) is 12.8 Å². The molecule has 0 aromatic heterocycles. The Bertz CT molecular complexity index is 3680. The molecule has 0 bridgehead atoms. The topological polar surface area (TPSA) is 0 Å². The molecule has 372 valence electrons. The average Bonchev–Trinajstić information content (AvgIpc) is 3.43. The smallest absolute Gasteiger partial charge is 0.0656 e. The maximum atomic E-state index is 2.64. The molecule has 0 fully saturated rings. The Morgan fingerprint density at radius 1 is 0.243 bits per heavy atom. The summed E-state index contributed by atoms with van der Waals surface area (Å²) in [6, 6.07) is 59.7. The number of fused-ring (bicyclic) bond motifs is 7. The van der Waals surface area contributed by atoms with Gasteiger partial charge in [0, 0.05) is 0 Å². The molecule has 0 saturated heterocycles. The zero-order valence-corrected chi connectivity index (χ0v) is 50.5. The molecule has 0 heterocycles. The van der Waals surface area contributed by atoms with Gasteiger partial charge in [0.15, 0.2) is 0 Å². The highest BCUT2D eigenvalue weighted by Crippen LogP contribution is 2.51. The highest BCUT2D eigenvalue weighted by Gasteiger charge is 2.29. The molecule has 4 heteroatoms. The summed E-state index contributed by atoms with van der Waals surface area (Å²) >= 11 is 0. The minimum absolute atomic E-state index is 1.15. The van der Waals surface area contributed by atoms with Crippen LogP contribution in [0.4, 0.5) is 0 Å². The molecule has 0 radical (unpaired) electrons. The zero-order chi connectivity index (χ0) is 51.6. The second-order valence-electron chi connectivity index (χ2n) is 26.5. The predicted molar refractivity (Wildman–Crippen MR) is 341 cm³/mol. The van der Waals surface area contributed by atoms with E-state index in [0.29, 0.717) is 0 Å². The third kappa shape index (κ3) is 8.34. The summed E-state index contributed by atoms with van der Waals surface area (Å²) in [6.07, 6.45) is 9.74. The lowest BCUT2D eigenvalue weighted by atomic mass is 9.79. The fourth-order valence-electron chi connectivity index (χ4n) is 13.2. The van der Waals surface area contributed by atoms with Crippen LogP contribution in [-0.2, 0) is 25.7 Å². The van der Waals surface area contributed by atoms with Crippen LogP contribution >= 0.6 is 0 Å². The fourth-order valence-corrected chi connectivity index (χ4v) is 17.9. The van der Waals surface area contributed by atoms with Crippen molar-refractivity contribution in [2.45, 2.75) is 130 Å². The first-order valence-electron chi connectivity index (χ1n) is 28.1. The largest absolute Gasteiger partial charge is 0.0776 e. The molecule has 10 aromatic carbocycles. The van der Waals surface area contributed by atoms with Crippen molar-refractivity contribution in [3.05, 3.63) is 168 Å². The summed E-state index contributed by atoms with van der Waals surface area (Å²) in [5.74, 6) is 0. The first-order chi connectivity index (χ1) is 35.3. The second-order valence-corrected chi connectivity index (χ2v) is 46.9. The Kier molecular flexibility index (Phi) is 12.0. The molecular formula is C70H76Si4. The van der Waals surface area contributed by atoms with Crippen LogP contribution in [0.3, 0.4) is 0 Å². The molecule has 0 unspecified atom stereocenters. The number of rotatable bonds is 8. The van der Waals surface area contributed by atoms with E-state index < -0.39 is 32.3 Å². The van der Waals surface area contributed by atoms with E-state index in [-0.39, 0.29) is 0 Å². The molecule has 2 aliphatic carbocycles. The van der Waals surface area contributed by atoms with Crippen LogP contribution in [0.2, 0.25) is 78.6 Å². The number of aryl methyl sites for hydroxylation is 2. The van der Waals surface area contributed by atoms with Crippen molar-refractivity contribution in [1.82, 2.24) is 0 Å². The van der Waals surface area contributed by atoms with Crippen LogP contribution in [0.15, 0.2) is 146 Å². The third-order valence-electron chi connectivity index (χ3n) is 17.5. The predicted octanol–water partition coefficient (Wildman–Crippen LogP) is 18.1. The maximum absolute atomic E-state index is 2.64. The van der Waals surface area contributed by atoms with Crippen LogP contribution in [0.25, 0.3) is 98.4 Å². The number of hydrogen-bond acceptors (Lipinski definition) is 0. The normalized spacial score (nSPS) is 14.6. The molecule has 2 aliphatic rings. The van der Waals surface area contributed by atoms with Gasteiger partial charge in [-0.15, -0.1) is 0 Å². The molecule has 0 amide bonds. The lowest BCUT2D eigenvalue weighted by Crippen LogP contribution is -2.37. The minimum Gasteiger partial charge on any atom is -0.0656 e. The Balaban J connectivity index is 1.22. The van der Waals surface area contributed by atoms with Gasteiger partial charge in [0.05, 0.1) is 32.3 Å². The minimum atomic E-state index is -1.72. The number of benzene rings is 10. The summed E-state index contributed by atoms with van der Waals surface area (Å²) in [6.45, 7) is 30.2. The summed E-state index contributed by atoms with van der Waals surface area (Å²) in [7, 11) is -6.81. The zero-order valence-electron chi connectivity index (χ0n) is 46.5. The van der Waals surface area contributed by atoms with Gasteiger partial charge in [-0.1, -0.05) is 245 Å². The maximum Gasteiger partial charge on any atom is 0.0776 e. The van der Waals surface area contributed by atoms with Crippen molar-refractivity contribution in [2.24, 2.45) is 0 Å². The molecule has 0 saturated carbocycles. The molecule has 74 heavy (non-hydrogen) atoms. The molecule has 0 atom stereocenters. The van der Waals surface area contributed by atoms with Crippen molar-refractivity contribution >= 4 is 107 Å². The van der Waals surface area contributed by atoms with Gasteiger partial charge < -0.3 is 0 Å². The first-order valence-corrected chi connectivity index (χ1v) is 42.1. The van der Waals surface area contributed by atoms with Crippen molar-refractivity contribution in [3.8, 4) is 44.5 Å². The lowest BCUT2D eigenvalue weighted by molar-refractivity contribution is 0.687. The lowest BCUT2D eigenvalue weighted by Gasteiger charge is -2.27. The van der Waals surface area contributed by atoms with Gasteiger partial charge in [-0.05, 0) is 172 Å². The van der Waals surface area contributed by atoms with Crippen molar-refractivity contribution in [2.75, 3.05) is 0 Å². The van der Waals surface area contributed by atoms with E-state index in [4.69, 9.17) is 0 Å². The average molecular weight is 1030 g/mol. The second kappa shape index (κ2) is 18.0. The van der Waals surface area contributed by atoms with Crippen LogP contribution in [0.1, 0.15) is 47.9 Å². The van der Waals surface area contributed by atoms with Crippen LogP contribution in [-0.4, -0.2) is 32.3 Å². The first kappa shape index (κ1) is 49.3.